The van der Waals surface area contributed by atoms with Crippen molar-refractivity contribution in [3.8, 4) is 5.75 Å². The monoisotopic (exact) mass is 344 g/mol. The Kier molecular flexibility index (Phi) is 4.77. The Morgan fingerprint density at radius 3 is 2.46 bits per heavy atom. The lowest BCUT2D eigenvalue weighted by molar-refractivity contribution is -0.274. The molecule has 24 heavy (non-hydrogen) atoms. The third-order valence-corrected chi connectivity index (χ3v) is 3.95. The predicted octanol–water partition coefficient (Wildman–Crippen LogP) is 2.93. The molecule has 2 atom stereocenters. The average molecular weight is 344 g/mol. The van der Waals surface area contributed by atoms with Gasteiger partial charge in [-0.1, -0.05) is 32.9 Å². The average Bonchev–Trinajstić information content (AvgIpc) is 2.81. The van der Waals surface area contributed by atoms with Gasteiger partial charge in [-0.25, -0.2) is 0 Å². The number of anilines is 1. The van der Waals surface area contributed by atoms with E-state index in [4.69, 9.17) is 0 Å². The van der Waals surface area contributed by atoms with Crippen LogP contribution in [-0.4, -0.2) is 24.7 Å². The van der Waals surface area contributed by atoms with Crippen molar-refractivity contribution in [1.29, 1.82) is 0 Å². The lowest BCUT2D eigenvalue weighted by Gasteiger charge is -2.29. The maximum atomic E-state index is 12.5. The lowest BCUT2D eigenvalue weighted by atomic mass is 9.74. The van der Waals surface area contributed by atoms with E-state index in [9.17, 15) is 22.8 Å². The van der Waals surface area contributed by atoms with E-state index in [0.29, 0.717) is 6.54 Å². The summed E-state index contributed by atoms with van der Waals surface area (Å²) in [7, 11) is 0. The zero-order valence-corrected chi connectivity index (χ0v) is 13.5. The summed E-state index contributed by atoms with van der Waals surface area (Å²) in [5, 5.41) is 5.02. The van der Waals surface area contributed by atoms with Gasteiger partial charge in [0, 0.05) is 12.5 Å². The van der Waals surface area contributed by atoms with Gasteiger partial charge in [-0.05, 0) is 17.5 Å². The molecule has 1 heterocycles. The molecular weight excluding hydrogens is 325 g/mol. The van der Waals surface area contributed by atoms with E-state index in [1.807, 2.05) is 20.8 Å². The van der Waals surface area contributed by atoms with E-state index < -0.39 is 29.8 Å². The van der Waals surface area contributed by atoms with E-state index in [2.05, 4.69) is 15.4 Å². The molecule has 0 saturated carbocycles. The summed E-state index contributed by atoms with van der Waals surface area (Å²) in [4.78, 5) is 24.5. The Hall–Kier alpha value is -2.25. The van der Waals surface area contributed by atoms with Crippen LogP contribution in [0.3, 0.4) is 0 Å². The number of hydrogen-bond acceptors (Lipinski definition) is 3. The van der Waals surface area contributed by atoms with Crippen LogP contribution in [0.15, 0.2) is 24.3 Å². The first-order valence-corrected chi connectivity index (χ1v) is 7.42. The molecule has 132 valence electrons. The van der Waals surface area contributed by atoms with Gasteiger partial charge in [0.1, 0.15) is 5.92 Å². The number of carbonyl (C=O) groups excluding carboxylic acids is 2. The van der Waals surface area contributed by atoms with Crippen LogP contribution in [0.25, 0.3) is 0 Å². The molecule has 1 aliphatic rings. The normalized spacial score (nSPS) is 21.3. The molecule has 1 saturated heterocycles. The number of nitrogens with one attached hydrogen (secondary N) is 2. The zero-order chi connectivity index (χ0) is 18.1. The number of alkyl halides is 3. The largest absolute Gasteiger partial charge is 0.573 e. The Labute approximate surface area is 137 Å². The maximum Gasteiger partial charge on any atom is 0.573 e. The molecule has 1 aliphatic heterocycles. The Bertz CT molecular complexity index is 638. The highest BCUT2D eigenvalue weighted by Gasteiger charge is 2.46. The second-order valence-electron chi connectivity index (χ2n) is 6.73. The van der Waals surface area contributed by atoms with Crippen molar-refractivity contribution in [1.82, 2.24) is 5.32 Å². The molecule has 1 fully saturated rings. The molecule has 2 unspecified atom stereocenters. The van der Waals surface area contributed by atoms with Crippen LogP contribution in [0.1, 0.15) is 20.8 Å². The number of amides is 2. The SMILES string of the molecule is CC(C)(C)C1CNC(=O)C1C(=O)Nc1ccccc1OC(F)(F)F. The van der Waals surface area contributed by atoms with Gasteiger partial charge in [-0.3, -0.25) is 9.59 Å². The van der Waals surface area contributed by atoms with Crippen molar-refractivity contribution in [3.63, 3.8) is 0 Å². The molecule has 2 amide bonds. The van der Waals surface area contributed by atoms with E-state index >= 15 is 0 Å². The fraction of sp³-hybridized carbons (Fsp3) is 0.500. The minimum absolute atomic E-state index is 0.132. The van der Waals surface area contributed by atoms with Gasteiger partial charge < -0.3 is 15.4 Å². The quantitative estimate of drug-likeness (QED) is 0.829. The standard InChI is InChI=1S/C16H19F3N2O3/c1-15(2,3)9-8-20-13(22)12(9)14(23)21-10-6-4-5-7-11(10)24-16(17,18)19/h4-7,9,12H,8H2,1-3H3,(H,20,22)(H,21,23). The molecule has 0 aliphatic carbocycles. The Morgan fingerprint density at radius 2 is 1.88 bits per heavy atom. The number of para-hydroxylation sites is 2. The molecule has 0 radical (unpaired) electrons. The molecule has 0 bridgehead atoms. The maximum absolute atomic E-state index is 12.5. The number of halogens is 3. The number of rotatable bonds is 3. The van der Waals surface area contributed by atoms with Crippen molar-refractivity contribution in [2.24, 2.45) is 17.3 Å². The minimum Gasteiger partial charge on any atom is -0.404 e. The molecule has 1 aromatic carbocycles. The smallest absolute Gasteiger partial charge is 0.404 e. The first-order chi connectivity index (χ1) is 11.0. The van der Waals surface area contributed by atoms with Gasteiger partial charge in [-0.2, -0.15) is 0 Å². The lowest BCUT2D eigenvalue weighted by Crippen LogP contribution is -2.37. The number of hydrogen-bond donors (Lipinski definition) is 2. The summed E-state index contributed by atoms with van der Waals surface area (Å²) in [5.41, 5.74) is -0.449. The second kappa shape index (κ2) is 6.33. The van der Waals surface area contributed by atoms with Crippen molar-refractivity contribution in [2.45, 2.75) is 27.1 Å². The van der Waals surface area contributed by atoms with E-state index in [0.717, 1.165) is 6.07 Å². The highest BCUT2D eigenvalue weighted by molar-refractivity contribution is 6.08. The molecular formula is C16H19F3N2O3. The van der Waals surface area contributed by atoms with Crippen LogP contribution in [0, 0.1) is 17.3 Å². The molecule has 1 aromatic rings. The van der Waals surface area contributed by atoms with Crippen LogP contribution in [0.2, 0.25) is 0 Å². The first-order valence-electron chi connectivity index (χ1n) is 7.42. The van der Waals surface area contributed by atoms with E-state index in [1.54, 1.807) is 0 Å². The molecule has 0 aromatic heterocycles. The zero-order valence-electron chi connectivity index (χ0n) is 13.5. The number of ether oxygens (including phenoxy) is 1. The third-order valence-electron chi connectivity index (χ3n) is 3.95. The van der Waals surface area contributed by atoms with Crippen LogP contribution in [-0.2, 0) is 9.59 Å². The topological polar surface area (TPSA) is 67.4 Å². The van der Waals surface area contributed by atoms with Crippen LogP contribution in [0.4, 0.5) is 18.9 Å². The van der Waals surface area contributed by atoms with Crippen molar-refractivity contribution < 1.29 is 27.5 Å². The highest BCUT2D eigenvalue weighted by atomic mass is 19.4. The Morgan fingerprint density at radius 1 is 1.25 bits per heavy atom. The van der Waals surface area contributed by atoms with Gasteiger partial charge in [-0.15, -0.1) is 13.2 Å². The van der Waals surface area contributed by atoms with Crippen molar-refractivity contribution in [2.75, 3.05) is 11.9 Å². The van der Waals surface area contributed by atoms with Crippen molar-refractivity contribution in [3.05, 3.63) is 24.3 Å². The summed E-state index contributed by atoms with van der Waals surface area (Å²) >= 11 is 0. The summed E-state index contributed by atoms with van der Waals surface area (Å²) in [6, 6.07) is 5.21. The second-order valence-corrected chi connectivity index (χ2v) is 6.73. The van der Waals surface area contributed by atoms with Gasteiger partial charge in [0.15, 0.2) is 5.75 Å². The number of benzene rings is 1. The fourth-order valence-electron chi connectivity index (χ4n) is 2.72. The third kappa shape index (κ3) is 4.18. The minimum atomic E-state index is -4.88. The molecule has 0 spiro atoms. The fourth-order valence-corrected chi connectivity index (χ4v) is 2.72. The van der Waals surface area contributed by atoms with Gasteiger partial charge in [0.2, 0.25) is 11.8 Å². The Balaban J connectivity index is 2.22. The summed E-state index contributed by atoms with van der Waals surface area (Å²) in [6.07, 6.45) is -4.88. The summed E-state index contributed by atoms with van der Waals surface area (Å²) < 4.78 is 41.2. The number of carbonyl (C=O) groups is 2. The van der Waals surface area contributed by atoms with E-state index in [1.165, 1.54) is 18.2 Å². The van der Waals surface area contributed by atoms with Crippen LogP contribution >= 0.6 is 0 Å². The highest BCUT2D eigenvalue weighted by Crippen LogP contribution is 2.37. The van der Waals surface area contributed by atoms with Crippen LogP contribution < -0.4 is 15.4 Å². The van der Waals surface area contributed by atoms with Gasteiger partial charge in [0.05, 0.1) is 5.69 Å². The molecule has 5 nitrogen and oxygen atoms in total. The first kappa shape index (κ1) is 18.1. The molecule has 8 heteroatoms. The molecule has 2 rings (SSSR count). The summed E-state index contributed by atoms with van der Waals surface area (Å²) in [5.74, 6) is -2.83. The van der Waals surface area contributed by atoms with Crippen molar-refractivity contribution >= 4 is 17.5 Å². The summed E-state index contributed by atoms with van der Waals surface area (Å²) in [6.45, 7) is 6.05. The van der Waals surface area contributed by atoms with Gasteiger partial charge >= 0.3 is 6.36 Å². The van der Waals surface area contributed by atoms with E-state index in [-0.39, 0.29) is 17.0 Å². The molecule has 2 N–H and O–H groups in total. The van der Waals surface area contributed by atoms with Crippen LogP contribution in [0.5, 0.6) is 5.75 Å². The predicted molar refractivity (Wildman–Crippen MR) is 81.2 cm³/mol. The van der Waals surface area contributed by atoms with Gasteiger partial charge in [0.25, 0.3) is 0 Å².